The van der Waals surface area contributed by atoms with Gasteiger partial charge in [-0.15, -0.1) is 23.1 Å². The van der Waals surface area contributed by atoms with E-state index in [-0.39, 0.29) is 17.2 Å². The first kappa shape index (κ1) is 18.3. The molecule has 1 aliphatic carbocycles. The number of aromatic amines is 1. The number of H-pyrrole nitrogens is 1. The molecule has 0 saturated heterocycles. The summed E-state index contributed by atoms with van der Waals surface area (Å²) in [6, 6.07) is 9.54. The highest BCUT2D eigenvalue weighted by Gasteiger charge is 2.21. The van der Waals surface area contributed by atoms with Crippen LogP contribution in [0.15, 0.2) is 41.3 Å². The number of hydrogen-bond donors (Lipinski definition) is 2. The van der Waals surface area contributed by atoms with Crippen molar-refractivity contribution < 1.29 is 4.79 Å². The summed E-state index contributed by atoms with van der Waals surface area (Å²) in [5.41, 5.74) is 2.60. The second-order valence-electron chi connectivity index (χ2n) is 6.97. The number of anilines is 1. The van der Waals surface area contributed by atoms with E-state index in [0.717, 1.165) is 40.4 Å². The number of rotatable bonds is 5. The molecule has 1 aliphatic rings. The first-order valence-corrected chi connectivity index (χ1v) is 11.4. The first-order chi connectivity index (χ1) is 14.2. The standard InChI is InChI=1S/C21H18N4O2S2/c26-17(23-14-7-1-4-12-5-3-9-22-19(12)14)11-28-10-16-24-20(27)18-13-6-2-8-15(13)29-21(18)25-16/h1,3-5,7,9H,2,6,8,10-11H2,(H,23,26)(H,24,25,27). The number of hydrogen-bond acceptors (Lipinski definition) is 6. The molecule has 0 fully saturated rings. The van der Waals surface area contributed by atoms with Crippen LogP contribution in [0.25, 0.3) is 21.1 Å². The number of thiophene rings is 1. The molecular weight excluding hydrogens is 404 g/mol. The van der Waals surface area contributed by atoms with Crippen molar-refractivity contribution in [2.24, 2.45) is 0 Å². The summed E-state index contributed by atoms with van der Waals surface area (Å²) in [7, 11) is 0. The molecule has 5 rings (SSSR count). The molecule has 1 aromatic carbocycles. The van der Waals surface area contributed by atoms with E-state index in [9.17, 15) is 9.59 Å². The molecule has 2 N–H and O–H groups in total. The maximum absolute atomic E-state index is 12.5. The Morgan fingerprint density at radius 1 is 1.24 bits per heavy atom. The molecule has 0 saturated carbocycles. The summed E-state index contributed by atoms with van der Waals surface area (Å²) >= 11 is 3.06. The van der Waals surface area contributed by atoms with Crippen LogP contribution in [0.1, 0.15) is 22.7 Å². The Balaban J connectivity index is 1.25. The van der Waals surface area contributed by atoms with Gasteiger partial charge in [0.1, 0.15) is 10.7 Å². The molecule has 0 radical (unpaired) electrons. The third kappa shape index (κ3) is 3.54. The van der Waals surface area contributed by atoms with Gasteiger partial charge in [-0.05, 0) is 37.0 Å². The monoisotopic (exact) mass is 422 g/mol. The molecule has 0 unspecified atom stereocenters. The molecule has 1 amide bonds. The van der Waals surface area contributed by atoms with Gasteiger partial charge in [0.25, 0.3) is 5.56 Å². The Morgan fingerprint density at radius 2 is 2.14 bits per heavy atom. The van der Waals surface area contributed by atoms with Crippen LogP contribution < -0.4 is 10.9 Å². The van der Waals surface area contributed by atoms with E-state index in [4.69, 9.17) is 0 Å². The lowest BCUT2D eigenvalue weighted by molar-refractivity contribution is -0.113. The normalized spacial score (nSPS) is 13.1. The lowest BCUT2D eigenvalue weighted by Crippen LogP contribution is -2.15. The molecule has 146 valence electrons. The third-order valence-electron chi connectivity index (χ3n) is 5.00. The number of pyridine rings is 1. The minimum absolute atomic E-state index is 0.0590. The SMILES string of the molecule is O=C(CSCc1nc2sc3c(c2c(=O)[nH]1)CCC3)Nc1cccc2cccnc12. The Bertz CT molecular complexity index is 1290. The number of carbonyl (C=O) groups excluding carboxylic acids is 1. The van der Waals surface area contributed by atoms with E-state index in [1.165, 1.54) is 22.2 Å². The number of aryl methyl sites for hydroxylation is 2. The number of fused-ring (bicyclic) bond motifs is 4. The van der Waals surface area contributed by atoms with E-state index >= 15 is 0 Å². The van der Waals surface area contributed by atoms with Gasteiger partial charge in [0.2, 0.25) is 5.91 Å². The van der Waals surface area contributed by atoms with Gasteiger partial charge in [-0.2, -0.15) is 0 Å². The fourth-order valence-corrected chi connectivity index (χ4v) is 5.72. The molecule has 0 atom stereocenters. The number of carbonyl (C=O) groups is 1. The van der Waals surface area contributed by atoms with Crippen LogP contribution in [-0.2, 0) is 23.4 Å². The number of benzene rings is 1. The van der Waals surface area contributed by atoms with Gasteiger partial charge < -0.3 is 10.3 Å². The molecule has 4 aromatic rings. The van der Waals surface area contributed by atoms with Crippen molar-refractivity contribution in [2.75, 3.05) is 11.1 Å². The van der Waals surface area contributed by atoms with Gasteiger partial charge >= 0.3 is 0 Å². The van der Waals surface area contributed by atoms with Gasteiger partial charge in [-0.25, -0.2) is 4.98 Å². The Morgan fingerprint density at radius 3 is 3.07 bits per heavy atom. The van der Waals surface area contributed by atoms with Crippen molar-refractivity contribution in [3.8, 4) is 0 Å². The zero-order valence-electron chi connectivity index (χ0n) is 15.5. The average molecular weight is 423 g/mol. The summed E-state index contributed by atoms with van der Waals surface area (Å²) in [5.74, 6) is 1.26. The highest BCUT2D eigenvalue weighted by atomic mass is 32.2. The van der Waals surface area contributed by atoms with E-state index in [0.29, 0.717) is 17.3 Å². The summed E-state index contributed by atoms with van der Waals surface area (Å²) in [5, 5.41) is 4.67. The van der Waals surface area contributed by atoms with Gasteiger partial charge in [0.15, 0.2) is 0 Å². The predicted octanol–water partition coefficient (Wildman–Crippen LogP) is 3.89. The largest absolute Gasteiger partial charge is 0.323 e. The van der Waals surface area contributed by atoms with Crippen LogP contribution in [-0.4, -0.2) is 26.6 Å². The molecule has 3 aromatic heterocycles. The molecular formula is C21H18N4O2S2. The quantitative estimate of drug-likeness (QED) is 0.509. The highest BCUT2D eigenvalue weighted by Crippen LogP contribution is 2.34. The number of para-hydroxylation sites is 1. The van der Waals surface area contributed by atoms with Crippen molar-refractivity contribution in [1.82, 2.24) is 15.0 Å². The predicted molar refractivity (Wildman–Crippen MR) is 119 cm³/mol. The molecule has 6 nitrogen and oxygen atoms in total. The van der Waals surface area contributed by atoms with Crippen molar-refractivity contribution in [3.63, 3.8) is 0 Å². The zero-order chi connectivity index (χ0) is 19.8. The van der Waals surface area contributed by atoms with E-state index in [1.807, 2.05) is 30.3 Å². The third-order valence-corrected chi connectivity index (χ3v) is 7.13. The molecule has 0 bridgehead atoms. The van der Waals surface area contributed by atoms with Gasteiger partial charge in [0.05, 0.1) is 28.1 Å². The average Bonchev–Trinajstić information content (AvgIpc) is 3.29. The zero-order valence-corrected chi connectivity index (χ0v) is 17.2. The topological polar surface area (TPSA) is 87.7 Å². The second-order valence-corrected chi connectivity index (χ2v) is 9.04. The highest BCUT2D eigenvalue weighted by molar-refractivity contribution is 7.99. The van der Waals surface area contributed by atoms with Crippen molar-refractivity contribution in [3.05, 3.63) is 63.1 Å². The summed E-state index contributed by atoms with van der Waals surface area (Å²) in [4.78, 5) is 38.8. The minimum Gasteiger partial charge on any atom is -0.323 e. The number of thioether (sulfide) groups is 1. The Labute approximate surface area is 174 Å². The van der Waals surface area contributed by atoms with Crippen molar-refractivity contribution in [1.29, 1.82) is 0 Å². The Hall–Kier alpha value is -2.71. The maximum atomic E-state index is 12.5. The molecule has 8 heteroatoms. The van der Waals surface area contributed by atoms with Gasteiger partial charge in [-0.1, -0.05) is 18.2 Å². The lowest BCUT2D eigenvalue weighted by Gasteiger charge is -2.08. The molecule has 0 spiro atoms. The van der Waals surface area contributed by atoms with Crippen molar-refractivity contribution >= 4 is 55.8 Å². The van der Waals surface area contributed by atoms with Gasteiger partial charge in [-0.3, -0.25) is 14.6 Å². The molecule has 29 heavy (non-hydrogen) atoms. The minimum atomic E-state index is -0.105. The smallest absolute Gasteiger partial charge is 0.259 e. The van der Waals surface area contributed by atoms with E-state index in [1.54, 1.807) is 17.5 Å². The number of amides is 1. The number of nitrogens with zero attached hydrogens (tertiary/aromatic N) is 2. The molecule has 3 heterocycles. The maximum Gasteiger partial charge on any atom is 0.259 e. The van der Waals surface area contributed by atoms with E-state index in [2.05, 4.69) is 20.3 Å². The summed E-state index contributed by atoms with van der Waals surface area (Å²) in [6.45, 7) is 0. The number of aromatic nitrogens is 3. The van der Waals surface area contributed by atoms with E-state index < -0.39 is 0 Å². The number of nitrogens with one attached hydrogen (secondary N) is 2. The van der Waals surface area contributed by atoms with Crippen LogP contribution in [0.3, 0.4) is 0 Å². The molecule has 0 aliphatic heterocycles. The Kier molecular flexibility index (Phi) is 4.81. The van der Waals surface area contributed by atoms with Crippen LogP contribution in [0.5, 0.6) is 0 Å². The summed E-state index contributed by atoms with van der Waals surface area (Å²) < 4.78 is 0. The van der Waals surface area contributed by atoms with Crippen molar-refractivity contribution in [2.45, 2.75) is 25.0 Å². The van der Waals surface area contributed by atoms with Crippen LogP contribution in [0, 0.1) is 0 Å². The van der Waals surface area contributed by atoms with Crippen LogP contribution in [0.2, 0.25) is 0 Å². The second kappa shape index (κ2) is 7.61. The van der Waals surface area contributed by atoms with Crippen LogP contribution >= 0.6 is 23.1 Å². The fraction of sp³-hybridized carbons (Fsp3) is 0.238. The van der Waals surface area contributed by atoms with Gasteiger partial charge in [0, 0.05) is 16.5 Å². The first-order valence-electron chi connectivity index (χ1n) is 9.44. The fourth-order valence-electron chi connectivity index (χ4n) is 3.75. The lowest BCUT2D eigenvalue weighted by atomic mass is 10.2. The summed E-state index contributed by atoms with van der Waals surface area (Å²) in [6.07, 6.45) is 4.85. The van der Waals surface area contributed by atoms with Crippen LogP contribution in [0.4, 0.5) is 5.69 Å².